The number of hydrogen-bond donors (Lipinski definition) is 0. The molecular weight excluding hydrogens is 342 g/mol. The van der Waals surface area contributed by atoms with E-state index in [0.717, 1.165) is 32.7 Å². The van der Waals surface area contributed by atoms with Crippen molar-refractivity contribution in [3.05, 3.63) is 63.3 Å². The number of hydrogen-bond acceptors (Lipinski definition) is 6. The van der Waals surface area contributed by atoms with E-state index in [1.165, 1.54) is 17.2 Å². The molecule has 1 aliphatic heterocycles. The molecule has 0 aliphatic carbocycles. The van der Waals surface area contributed by atoms with Gasteiger partial charge in [-0.2, -0.15) is 5.26 Å². The SMILES string of the molecule is CC(C)c1ccc(CN2CCN(c3ccc([N+](=O)[O-])c(C#N)n3)CC2)cc1. The zero-order valence-corrected chi connectivity index (χ0v) is 15.6. The van der Waals surface area contributed by atoms with E-state index < -0.39 is 4.92 Å². The van der Waals surface area contributed by atoms with Gasteiger partial charge in [0.2, 0.25) is 5.69 Å². The molecule has 140 valence electrons. The number of anilines is 1. The van der Waals surface area contributed by atoms with Crippen molar-refractivity contribution in [3.63, 3.8) is 0 Å². The van der Waals surface area contributed by atoms with Crippen molar-refractivity contribution in [1.82, 2.24) is 9.88 Å². The fraction of sp³-hybridized carbons (Fsp3) is 0.400. The molecule has 2 aromatic rings. The first kappa shape index (κ1) is 18.8. The summed E-state index contributed by atoms with van der Waals surface area (Å²) < 4.78 is 0. The van der Waals surface area contributed by atoms with Crippen LogP contribution in [0.4, 0.5) is 11.5 Å². The molecule has 1 aromatic carbocycles. The number of aromatic nitrogens is 1. The summed E-state index contributed by atoms with van der Waals surface area (Å²) in [5, 5.41) is 20.0. The van der Waals surface area contributed by atoms with E-state index in [1.807, 2.05) is 6.07 Å². The molecule has 0 bridgehead atoms. The smallest absolute Gasteiger partial charge is 0.305 e. The standard InChI is InChI=1S/C20H23N5O2/c1-15(2)17-5-3-16(4-6-17)14-23-9-11-24(12-10-23)20-8-7-19(25(26)27)18(13-21)22-20/h3-8,15H,9-12,14H2,1-2H3. The minimum absolute atomic E-state index is 0.134. The van der Waals surface area contributed by atoms with E-state index in [2.05, 4.69) is 52.9 Å². The molecule has 1 saturated heterocycles. The van der Waals surface area contributed by atoms with E-state index in [4.69, 9.17) is 5.26 Å². The highest BCUT2D eigenvalue weighted by molar-refractivity contribution is 5.51. The Morgan fingerprint density at radius 3 is 2.37 bits per heavy atom. The van der Waals surface area contributed by atoms with E-state index >= 15 is 0 Å². The molecule has 0 radical (unpaired) electrons. The van der Waals surface area contributed by atoms with Crippen LogP contribution < -0.4 is 4.90 Å². The zero-order valence-electron chi connectivity index (χ0n) is 15.6. The largest absolute Gasteiger partial charge is 0.354 e. The topological polar surface area (TPSA) is 86.3 Å². The third-order valence-corrected chi connectivity index (χ3v) is 4.91. The van der Waals surface area contributed by atoms with Crippen molar-refractivity contribution in [1.29, 1.82) is 5.26 Å². The van der Waals surface area contributed by atoms with Gasteiger partial charge in [-0.3, -0.25) is 15.0 Å². The Morgan fingerprint density at radius 2 is 1.81 bits per heavy atom. The molecule has 1 aliphatic rings. The van der Waals surface area contributed by atoms with Crippen molar-refractivity contribution >= 4 is 11.5 Å². The van der Waals surface area contributed by atoms with Crippen LogP contribution in [0.5, 0.6) is 0 Å². The Morgan fingerprint density at radius 1 is 1.15 bits per heavy atom. The Balaban J connectivity index is 1.60. The van der Waals surface area contributed by atoms with Gasteiger partial charge in [-0.15, -0.1) is 0 Å². The van der Waals surface area contributed by atoms with Crippen LogP contribution in [0.1, 0.15) is 36.6 Å². The lowest BCUT2D eigenvalue weighted by atomic mass is 10.0. The maximum atomic E-state index is 10.9. The fourth-order valence-corrected chi connectivity index (χ4v) is 3.25. The first-order chi connectivity index (χ1) is 13.0. The Labute approximate surface area is 159 Å². The van der Waals surface area contributed by atoms with Gasteiger partial charge in [0.25, 0.3) is 0 Å². The van der Waals surface area contributed by atoms with E-state index in [-0.39, 0.29) is 11.4 Å². The molecule has 0 saturated carbocycles. The number of nitrogens with zero attached hydrogens (tertiary/aromatic N) is 5. The maximum absolute atomic E-state index is 10.9. The quantitative estimate of drug-likeness (QED) is 0.597. The lowest BCUT2D eigenvalue weighted by Gasteiger charge is -2.35. The second kappa shape index (κ2) is 8.14. The third kappa shape index (κ3) is 4.41. The normalized spacial score (nSPS) is 15.0. The predicted molar refractivity (Wildman–Crippen MR) is 104 cm³/mol. The monoisotopic (exact) mass is 365 g/mol. The van der Waals surface area contributed by atoms with Crippen LogP contribution in [-0.4, -0.2) is 41.0 Å². The van der Waals surface area contributed by atoms with Gasteiger partial charge < -0.3 is 4.90 Å². The van der Waals surface area contributed by atoms with Crippen molar-refractivity contribution in [3.8, 4) is 6.07 Å². The summed E-state index contributed by atoms with van der Waals surface area (Å²) in [5.41, 5.74) is 2.27. The highest BCUT2D eigenvalue weighted by Crippen LogP contribution is 2.22. The van der Waals surface area contributed by atoms with E-state index in [1.54, 1.807) is 6.07 Å². The summed E-state index contributed by atoms with van der Waals surface area (Å²) in [6.45, 7) is 8.61. The van der Waals surface area contributed by atoms with Crippen LogP contribution in [0.25, 0.3) is 0 Å². The maximum Gasteiger partial charge on any atom is 0.305 e. The first-order valence-corrected chi connectivity index (χ1v) is 9.09. The van der Waals surface area contributed by atoms with E-state index in [0.29, 0.717) is 11.7 Å². The van der Waals surface area contributed by atoms with Crippen molar-refractivity contribution < 1.29 is 4.92 Å². The summed E-state index contributed by atoms with van der Waals surface area (Å²) in [6, 6.07) is 13.6. The molecule has 7 heteroatoms. The number of nitriles is 1. The van der Waals surface area contributed by atoms with Crippen LogP contribution in [0, 0.1) is 21.4 Å². The molecule has 0 N–H and O–H groups in total. The van der Waals surface area contributed by atoms with Crippen LogP contribution in [-0.2, 0) is 6.54 Å². The average Bonchev–Trinajstić information content (AvgIpc) is 2.68. The van der Waals surface area contributed by atoms with Crippen LogP contribution in [0.3, 0.4) is 0 Å². The van der Waals surface area contributed by atoms with Gasteiger partial charge in [0, 0.05) is 38.8 Å². The molecule has 1 aromatic heterocycles. The Kier molecular flexibility index (Phi) is 5.67. The highest BCUT2D eigenvalue weighted by atomic mass is 16.6. The second-order valence-corrected chi connectivity index (χ2v) is 7.07. The number of nitro groups is 1. The molecule has 3 rings (SSSR count). The molecule has 2 heterocycles. The van der Waals surface area contributed by atoms with Gasteiger partial charge in [0.15, 0.2) is 0 Å². The fourth-order valence-electron chi connectivity index (χ4n) is 3.25. The number of benzene rings is 1. The van der Waals surface area contributed by atoms with Crippen LogP contribution in [0.15, 0.2) is 36.4 Å². The summed E-state index contributed by atoms with van der Waals surface area (Å²) in [7, 11) is 0. The van der Waals surface area contributed by atoms with Gasteiger partial charge in [0.05, 0.1) is 4.92 Å². The van der Waals surface area contributed by atoms with Crippen LogP contribution >= 0.6 is 0 Å². The van der Waals surface area contributed by atoms with E-state index in [9.17, 15) is 10.1 Å². The molecule has 0 unspecified atom stereocenters. The molecule has 27 heavy (non-hydrogen) atoms. The Hall–Kier alpha value is -2.98. The summed E-state index contributed by atoms with van der Waals surface area (Å²) >= 11 is 0. The van der Waals surface area contributed by atoms with Crippen LogP contribution in [0.2, 0.25) is 0 Å². The minimum atomic E-state index is -0.572. The summed E-state index contributed by atoms with van der Waals surface area (Å²) in [5.74, 6) is 1.16. The summed E-state index contributed by atoms with van der Waals surface area (Å²) in [6.07, 6.45) is 0. The molecule has 0 amide bonds. The first-order valence-electron chi connectivity index (χ1n) is 9.09. The molecular formula is C20H23N5O2. The molecule has 7 nitrogen and oxygen atoms in total. The lowest BCUT2D eigenvalue weighted by molar-refractivity contribution is -0.385. The Bertz CT molecular complexity index is 850. The summed E-state index contributed by atoms with van der Waals surface area (Å²) in [4.78, 5) is 19.0. The molecule has 1 fully saturated rings. The van der Waals surface area contributed by atoms with Crippen molar-refractivity contribution in [2.75, 3.05) is 31.1 Å². The van der Waals surface area contributed by atoms with Gasteiger partial charge in [0.1, 0.15) is 11.9 Å². The van der Waals surface area contributed by atoms with Gasteiger partial charge in [-0.25, -0.2) is 4.98 Å². The minimum Gasteiger partial charge on any atom is -0.354 e. The predicted octanol–water partition coefficient (Wildman–Crippen LogP) is 3.31. The van der Waals surface area contributed by atoms with Gasteiger partial charge in [-0.05, 0) is 23.1 Å². The van der Waals surface area contributed by atoms with Crippen molar-refractivity contribution in [2.24, 2.45) is 0 Å². The highest BCUT2D eigenvalue weighted by Gasteiger charge is 2.21. The molecule has 0 atom stereocenters. The second-order valence-electron chi connectivity index (χ2n) is 7.07. The number of piperazine rings is 1. The zero-order chi connectivity index (χ0) is 19.4. The lowest BCUT2D eigenvalue weighted by Crippen LogP contribution is -2.46. The number of rotatable bonds is 5. The average molecular weight is 365 g/mol. The van der Waals surface area contributed by atoms with Gasteiger partial charge in [-0.1, -0.05) is 38.1 Å². The molecule has 0 spiro atoms. The van der Waals surface area contributed by atoms with Gasteiger partial charge >= 0.3 is 5.69 Å². The number of pyridine rings is 1. The van der Waals surface area contributed by atoms with Crippen molar-refractivity contribution in [2.45, 2.75) is 26.3 Å². The third-order valence-electron chi connectivity index (χ3n) is 4.91.